The second-order valence-corrected chi connectivity index (χ2v) is 13.1. The summed E-state index contributed by atoms with van der Waals surface area (Å²) in [4.78, 5) is 39.1. The van der Waals surface area contributed by atoms with Gasteiger partial charge in [0.15, 0.2) is 5.17 Å². The van der Waals surface area contributed by atoms with E-state index in [1.165, 1.54) is 6.08 Å². The van der Waals surface area contributed by atoms with Crippen LogP contribution in [0.1, 0.15) is 32.6 Å². The molecular weight excluding hydrogens is 494 g/mol. The smallest absolute Gasteiger partial charge is 0.246 e. The lowest BCUT2D eigenvalue weighted by Gasteiger charge is -2.45. The zero-order valence-electron chi connectivity index (χ0n) is 20.9. The molecule has 1 N–H and O–H groups in total. The normalized spacial score (nSPS) is 33.8. The van der Waals surface area contributed by atoms with Crippen LogP contribution in [0.5, 0.6) is 0 Å². The molecule has 10 heteroatoms. The Morgan fingerprint density at radius 2 is 2.03 bits per heavy atom. The molecule has 0 aromatic carbocycles. The molecule has 0 spiro atoms. The van der Waals surface area contributed by atoms with Crippen molar-refractivity contribution in [3.8, 4) is 0 Å². The van der Waals surface area contributed by atoms with E-state index in [-0.39, 0.29) is 35.9 Å². The molecule has 7 atom stereocenters. The Morgan fingerprint density at radius 1 is 1.25 bits per heavy atom. The first kappa shape index (κ1) is 25.6. The number of carbonyl (C=O) groups is 2. The summed E-state index contributed by atoms with van der Waals surface area (Å²) < 4.78 is 6.20. The molecule has 3 aliphatic heterocycles. The van der Waals surface area contributed by atoms with Crippen LogP contribution < -0.4 is 5.32 Å². The van der Waals surface area contributed by atoms with E-state index < -0.39 is 0 Å². The monoisotopic (exact) mass is 529 g/mol. The largest absolute Gasteiger partial charge is 0.381 e. The highest BCUT2D eigenvalue weighted by Crippen LogP contribution is 2.45. The molecule has 1 aromatic heterocycles. The number of likely N-dealkylation sites (tertiary alicyclic amines) is 1. The van der Waals surface area contributed by atoms with Crippen LogP contribution in [0.2, 0.25) is 0 Å². The number of rotatable bonds is 6. The zero-order valence-corrected chi connectivity index (χ0v) is 22.5. The van der Waals surface area contributed by atoms with Gasteiger partial charge in [-0.05, 0) is 49.8 Å². The van der Waals surface area contributed by atoms with Crippen molar-refractivity contribution in [3.05, 3.63) is 37.1 Å². The number of nitrogens with one attached hydrogen (secondary N) is 1. The van der Waals surface area contributed by atoms with Gasteiger partial charge in [-0.2, -0.15) is 0 Å². The van der Waals surface area contributed by atoms with Crippen LogP contribution in [-0.2, 0) is 14.3 Å². The van der Waals surface area contributed by atoms with Crippen molar-refractivity contribution in [2.24, 2.45) is 16.8 Å². The number of methoxy groups -OCH3 is 1. The Balaban J connectivity index is 1.21. The summed E-state index contributed by atoms with van der Waals surface area (Å²) in [5.41, 5.74) is 0. The van der Waals surface area contributed by atoms with Gasteiger partial charge in [-0.25, -0.2) is 4.98 Å². The van der Waals surface area contributed by atoms with Gasteiger partial charge in [-0.3, -0.25) is 14.6 Å². The van der Waals surface area contributed by atoms with Gasteiger partial charge in [0.25, 0.3) is 0 Å². The molecule has 194 valence electrons. The molecule has 1 aromatic rings. The average Bonchev–Trinajstić information content (AvgIpc) is 3.44. The van der Waals surface area contributed by atoms with Gasteiger partial charge in [0.1, 0.15) is 5.82 Å². The second kappa shape index (κ2) is 11.1. The van der Waals surface area contributed by atoms with Crippen molar-refractivity contribution in [3.63, 3.8) is 0 Å². The highest BCUT2D eigenvalue weighted by atomic mass is 32.2. The summed E-state index contributed by atoms with van der Waals surface area (Å²) in [7, 11) is 1.73. The first-order valence-corrected chi connectivity index (χ1v) is 14.6. The average molecular weight is 530 g/mol. The van der Waals surface area contributed by atoms with E-state index in [4.69, 9.17) is 4.74 Å². The number of fused-ring (bicyclic) bond motifs is 2. The van der Waals surface area contributed by atoms with Gasteiger partial charge in [-0.15, -0.1) is 11.8 Å². The highest BCUT2D eigenvalue weighted by molar-refractivity contribution is 8.25. The third-order valence-electron chi connectivity index (χ3n) is 7.87. The van der Waals surface area contributed by atoms with Gasteiger partial charge in [0.05, 0.1) is 23.1 Å². The summed E-state index contributed by atoms with van der Waals surface area (Å²) >= 11 is 3.70. The maximum absolute atomic E-state index is 13.9. The number of hydrogen-bond acceptors (Lipinski definition) is 8. The molecule has 1 aliphatic carbocycles. The van der Waals surface area contributed by atoms with E-state index >= 15 is 0 Å². The molecule has 36 heavy (non-hydrogen) atoms. The first-order chi connectivity index (χ1) is 17.5. The van der Waals surface area contributed by atoms with E-state index in [0.29, 0.717) is 28.8 Å². The Bertz CT molecular complexity index is 995. The number of anilines is 1. The van der Waals surface area contributed by atoms with Crippen molar-refractivity contribution in [2.45, 2.75) is 60.6 Å². The van der Waals surface area contributed by atoms with Crippen LogP contribution in [0, 0.1) is 11.8 Å². The maximum atomic E-state index is 13.9. The molecular formula is C26H35N5O3S2. The van der Waals surface area contributed by atoms with Crippen LogP contribution in [-0.4, -0.2) is 86.5 Å². The predicted octanol–water partition coefficient (Wildman–Crippen LogP) is 3.47. The number of hydrogen-bond donors (Lipinski definition) is 1. The minimum atomic E-state index is -0.146. The zero-order chi connectivity index (χ0) is 25.2. The van der Waals surface area contributed by atoms with Gasteiger partial charge in [0, 0.05) is 43.7 Å². The summed E-state index contributed by atoms with van der Waals surface area (Å²) in [6, 6.07) is 5.99. The fourth-order valence-corrected chi connectivity index (χ4v) is 8.91. The molecule has 5 unspecified atom stereocenters. The Hall–Kier alpha value is -2.04. The van der Waals surface area contributed by atoms with Gasteiger partial charge in [-0.1, -0.05) is 31.3 Å². The number of pyridine rings is 1. The summed E-state index contributed by atoms with van der Waals surface area (Å²) in [6.45, 7) is 7.87. The number of aliphatic imine (C=N–C) groups is 1. The summed E-state index contributed by atoms with van der Waals surface area (Å²) in [5, 5.41) is 4.58. The van der Waals surface area contributed by atoms with E-state index in [1.54, 1.807) is 25.1 Å². The lowest BCUT2D eigenvalue weighted by atomic mass is 9.79. The molecule has 1 saturated carbocycles. The predicted molar refractivity (Wildman–Crippen MR) is 146 cm³/mol. The molecule has 5 rings (SSSR count). The fraction of sp³-hybridized carbons (Fsp3) is 0.615. The number of ether oxygens (including phenoxy) is 1. The summed E-state index contributed by atoms with van der Waals surface area (Å²) in [5.74, 6) is 1.29. The molecule has 2 saturated heterocycles. The van der Waals surface area contributed by atoms with E-state index in [2.05, 4.69) is 33.7 Å². The quantitative estimate of drug-likeness (QED) is 0.565. The van der Waals surface area contributed by atoms with Crippen molar-refractivity contribution in [2.75, 3.05) is 32.1 Å². The third-order valence-corrected chi connectivity index (χ3v) is 10.8. The van der Waals surface area contributed by atoms with Gasteiger partial charge >= 0.3 is 0 Å². The SMILES string of the molecule is C=CC(=O)N1C[C@H]2CC[C@@H](C1)N2C(=O)C1CC(SC2CN=C(Nc3ccccn3)S2)C(C)CC1OC. The number of nitrogens with zero attached hydrogens (tertiary/aromatic N) is 4. The minimum absolute atomic E-state index is 0.0371. The van der Waals surface area contributed by atoms with Crippen molar-refractivity contribution in [1.29, 1.82) is 0 Å². The topological polar surface area (TPSA) is 87.1 Å². The Morgan fingerprint density at radius 3 is 2.69 bits per heavy atom. The molecule has 8 nitrogen and oxygen atoms in total. The Labute approximate surface area is 221 Å². The van der Waals surface area contributed by atoms with Crippen LogP contribution >= 0.6 is 23.5 Å². The van der Waals surface area contributed by atoms with E-state index in [9.17, 15) is 9.59 Å². The standard InChI is InChI=1S/C26H35N5O3S2/c1-4-23(32)30-14-17-8-9-18(15-30)31(17)25(33)19-12-21(16(2)11-20(19)34-3)35-24-13-28-26(36-24)29-22-7-5-6-10-27-22/h4-7,10,16-21,24H,1,8-9,11-15H2,2-3H3,(H,27,28,29)/t16?,17-,18+,19?,20?,21?,24?. The second-order valence-electron chi connectivity index (χ2n) is 10.1. The van der Waals surface area contributed by atoms with Crippen LogP contribution in [0.4, 0.5) is 5.82 Å². The van der Waals surface area contributed by atoms with Gasteiger partial charge in [0.2, 0.25) is 11.8 Å². The van der Waals surface area contributed by atoms with Gasteiger partial charge < -0.3 is 19.9 Å². The Kier molecular flexibility index (Phi) is 7.93. The molecule has 2 amide bonds. The molecule has 4 aliphatic rings. The third kappa shape index (κ3) is 5.31. The van der Waals surface area contributed by atoms with E-state index in [1.807, 2.05) is 34.9 Å². The van der Waals surface area contributed by atoms with Crippen molar-refractivity contribution >= 4 is 46.3 Å². The van der Waals surface area contributed by atoms with E-state index in [0.717, 1.165) is 43.2 Å². The van der Waals surface area contributed by atoms with Crippen molar-refractivity contribution in [1.82, 2.24) is 14.8 Å². The molecule has 4 heterocycles. The number of piperazine rings is 1. The highest BCUT2D eigenvalue weighted by Gasteiger charge is 2.49. The fourth-order valence-electron chi connectivity index (χ4n) is 6.03. The lowest BCUT2D eigenvalue weighted by Crippen LogP contribution is -2.59. The van der Waals surface area contributed by atoms with Crippen LogP contribution in [0.15, 0.2) is 42.0 Å². The van der Waals surface area contributed by atoms with Crippen LogP contribution in [0.3, 0.4) is 0 Å². The number of thioether (sulfide) groups is 2. The molecule has 0 radical (unpaired) electrons. The van der Waals surface area contributed by atoms with Crippen LogP contribution in [0.25, 0.3) is 0 Å². The summed E-state index contributed by atoms with van der Waals surface area (Å²) in [6.07, 6.45) is 6.69. The molecule has 2 bridgehead atoms. The molecule has 3 fully saturated rings. The number of aromatic nitrogens is 1. The lowest BCUT2D eigenvalue weighted by molar-refractivity contribution is -0.151. The van der Waals surface area contributed by atoms with Crippen molar-refractivity contribution < 1.29 is 14.3 Å². The first-order valence-electron chi connectivity index (χ1n) is 12.8. The maximum Gasteiger partial charge on any atom is 0.246 e. The minimum Gasteiger partial charge on any atom is -0.381 e. The number of carbonyl (C=O) groups excluding carboxylic acids is 2. The number of amidine groups is 1. The number of amides is 2.